The molecule has 8 nitrogen and oxygen atoms in total. The normalized spacial score (nSPS) is 10.9. The van der Waals surface area contributed by atoms with Gasteiger partial charge in [-0.3, -0.25) is 14.4 Å². The van der Waals surface area contributed by atoms with Crippen molar-refractivity contribution >= 4 is 50.6 Å². The molecular weight excluding hydrogens is 432 g/mol. The third-order valence-corrected chi connectivity index (χ3v) is 5.91. The molecular formula is C20H21ClN2O6S. The standard InChI is InChI=1S/C20H21ClN2O6S/c1-13-3-4-15(21)11-18(13)23-19(25)12-29-20(26)9-10-30(27,28)17-7-5-16(6-8-17)22-14(2)24/h3-8,11H,9-10,12H2,1-2H3,(H,22,24)(H,23,25). The van der Waals surface area contributed by atoms with Crippen molar-refractivity contribution in [1.29, 1.82) is 0 Å². The first-order valence-electron chi connectivity index (χ1n) is 8.89. The average molecular weight is 453 g/mol. The Bertz CT molecular complexity index is 1050. The number of amides is 2. The number of benzene rings is 2. The molecule has 2 aromatic carbocycles. The maximum atomic E-state index is 12.3. The number of esters is 1. The van der Waals surface area contributed by atoms with Crippen molar-refractivity contribution in [1.82, 2.24) is 0 Å². The smallest absolute Gasteiger partial charge is 0.307 e. The Kier molecular flexibility index (Phi) is 7.96. The topological polar surface area (TPSA) is 119 Å². The van der Waals surface area contributed by atoms with Crippen molar-refractivity contribution in [2.75, 3.05) is 23.0 Å². The lowest BCUT2D eigenvalue weighted by molar-refractivity contribution is -0.146. The van der Waals surface area contributed by atoms with E-state index in [1.165, 1.54) is 31.2 Å². The summed E-state index contributed by atoms with van der Waals surface area (Å²) >= 11 is 5.88. The number of hydrogen-bond acceptors (Lipinski definition) is 6. The summed E-state index contributed by atoms with van der Waals surface area (Å²) < 4.78 is 29.5. The molecule has 2 rings (SSSR count). The van der Waals surface area contributed by atoms with E-state index in [4.69, 9.17) is 16.3 Å². The first-order chi connectivity index (χ1) is 14.1. The molecule has 0 aliphatic heterocycles. The van der Waals surface area contributed by atoms with Crippen LogP contribution < -0.4 is 10.6 Å². The van der Waals surface area contributed by atoms with Gasteiger partial charge >= 0.3 is 5.97 Å². The lowest BCUT2D eigenvalue weighted by atomic mass is 10.2. The largest absolute Gasteiger partial charge is 0.456 e. The average Bonchev–Trinajstić information content (AvgIpc) is 2.67. The summed E-state index contributed by atoms with van der Waals surface area (Å²) in [5, 5.41) is 5.55. The van der Waals surface area contributed by atoms with E-state index in [1.807, 2.05) is 0 Å². The van der Waals surface area contributed by atoms with Gasteiger partial charge in [-0.1, -0.05) is 17.7 Å². The van der Waals surface area contributed by atoms with Gasteiger partial charge in [-0.05, 0) is 48.9 Å². The van der Waals surface area contributed by atoms with Crippen molar-refractivity contribution < 1.29 is 27.5 Å². The predicted octanol–water partition coefficient (Wildman–Crippen LogP) is 2.95. The van der Waals surface area contributed by atoms with Gasteiger partial charge in [-0.15, -0.1) is 0 Å². The first kappa shape index (κ1) is 23.4. The maximum Gasteiger partial charge on any atom is 0.307 e. The first-order valence-corrected chi connectivity index (χ1v) is 10.9. The van der Waals surface area contributed by atoms with E-state index >= 15 is 0 Å². The van der Waals surface area contributed by atoms with E-state index in [0.29, 0.717) is 16.4 Å². The Labute approximate surface area is 179 Å². The van der Waals surface area contributed by atoms with Crippen molar-refractivity contribution in [3.63, 3.8) is 0 Å². The van der Waals surface area contributed by atoms with Crippen LogP contribution in [0.4, 0.5) is 11.4 Å². The minimum absolute atomic E-state index is 0.0126. The Morgan fingerprint density at radius 3 is 2.33 bits per heavy atom. The quantitative estimate of drug-likeness (QED) is 0.594. The van der Waals surface area contributed by atoms with Crippen LogP contribution in [0, 0.1) is 6.92 Å². The molecule has 0 aromatic heterocycles. The number of anilines is 2. The third kappa shape index (κ3) is 7.16. The summed E-state index contributed by atoms with van der Waals surface area (Å²) in [6.45, 7) is 2.58. The Morgan fingerprint density at radius 2 is 1.70 bits per heavy atom. The fourth-order valence-corrected chi connectivity index (χ4v) is 3.81. The number of nitrogens with one attached hydrogen (secondary N) is 2. The highest BCUT2D eigenvalue weighted by molar-refractivity contribution is 7.91. The van der Waals surface area contributed by atoms with Crippen LogP contribution in [-0.4, -0.2) is 38.6 Å². The number of halogens is 1. The van der Waals surface area contributed by atoms with E-state index in [2.05, 4.69) is 10.6 Å². The van der Waals surface area contributed by atoms with Gasteiger partial charge in [0.25, 0.3) is 5.91 Å². The summed E-state index contributed by atoms with van der Waals surface area (Å²) in [6.07, 6.45) is -0.404. The number of carbonyl (C=O) groups excluding carboxylic acids is 3. The van der Waals surface area contributed by atoms with Gasteiger partial charge in [-0.25, -0.2) is 8.42 Å². The van der Waals surface area contributed by atoms with Gasteiger partial charge in [0.05, 0.1) is 17.1 Å². The van der Waals surface area contributed by atoms with Gasteiger partial charge in [-0.2, -0.15) is 0 Å². The van der Waals surface area contributed by atoms with Gasteiger partial charge in [0.15, 0.2) is 16.4 Å². The third-order valence-electron chi connectivity index (χ3n) is 3.95. The molecule has 0 spiro atoms. The molecule has 0 bridgehead atoms. The van der Waals surface area contributed by atoms with Crippen LogP contribution >= 0.6 is 11.6 Å². The highest BCUT2D eigenvalue weighted by atomic mass is 35.5. The molecule has 160 valence electrons. The summed E-state index contributed by atoms with van der Waals surface area (Å²) in [4.78, 5) is 34.8. The van der Waals surface area contributed by atoms with Crippen LogP contribution in [0.15, 0.2) is 47.4 Å². The van der Waals surface area contributed by atoms with E-state index in [0.717, 1.165) is 5.56 Å². The fraction of sp³-hybridized carbons (Fsp3) is 0.250. The van der Waals surface area contributed by atoms with E-state index < -0.39 is 40.5 Å². The molecule has 0 radical (unpaired) electrons. The summed E-state index contributed by atoms with van der Waals surface area (Å²) in [5.41, 5.74) is 1.74. The van der Waals surface area contributed by atoms with Crippen LogP contribution in [0.1, 0.15) is 18.9 Å². The number of ether oxygens (including phenoxy) is 1. The van der Waals surface area contributed by atoms with Gasteiger partial charge < -0.3 is 15.4 Å². The second-order valence-corrected chi connectivity index (χ2v) is 8.99. The highest BCUT2D eigenvalue weighted by Gasteiger charge is 2.18. The molecule has 10 heteroatoms. The van der Waals surface area contributed by atoms with Crippen molar-refractivity contribution in [3.05, 3.63) is 53.1 Å². The predicted molar refractivity (Wildman–Crippen MR) is 113 cm³/mol. The summed E-state index contributed by atoms with van der Waals surface area (Å²) in [5.74, 6) is -2.13. The van der Waals surface area contributed by atoms with Gasteiger partial charge in [0.1, 0.15) is 0 Å². The molecule has 2 amide bonds. The number of rotatable bonds is 8. The van der Waals surface area contributed by atoms with Crippen molar-refractivity contribution in [2.45, 2.75) is 25.2 Å². The molecule has 0 aliphatic carbocycles. The Hall–Kier alpha value is -2.91. The maximum absolute atomic E-state index is 12.3. The van der Waals surface area contributed by atoms with Crippen LogP contribution in [0.5, 0.6) is 0 Å². The van der Waals surface area contributed by atoms with Crippen LogP contribution in [0.2, 0.25) is 5.02 Å². The number of sulfone groups is 1. The lowest BCUT2D eigenvalue weighted by Gasteiger charge is -2.10. The lowest BCUT2D eigenvalue weighted by Crippen LogP contribution is -2.22. The van der Waals surface area contributed by atoms with Crippen LogP contribution in [0.3, 0.4) is 0 Å². The Balaban J connectivity index is 1.83. The molecule has 0 saturated carbocycles. The second-order valence-electron chi connectivity index (χ2n) is 6.44. The minimum Gasteiger partial charge on any atom is -0.456 e. The monoisotopic (exact) mass is 452 g/mol. The van der Waals surface area contributed by atoms with Gasteiger partial charge in [0, 0.05) is 23.3 Å². The SMILES string of the molecule is CC(=O)Nc1ccc(S(=O)(=O)CCC(=O)OCC(=O)Nc2cc(Cl)ccc2C)cc1. The van der Waals surface area contributed by atoms with E-state index in [1.54, 1.807) is 25.1 Å². The minimum atomic E-state index is -3.73. The van der Waals surface area contributed by atoms with Crippen molar-refractivity contribution in [2.24, 2.45) is 0 Å². The Morgan fingerprint density at radius 1 is 1.03 bits per heavy atom. The molecule has 0 saturated heterocycles. The fourth-order valence-electron chi connectivity index (χ4n) is 2.42. The van der Waals surface area contributed by atoms with Crippen LogP contribution in [-0.2, 0) is 29.0 Å². The van der Waals surface area contributed by atoms with Crippen molar-refractivity contribution in [3.8, 4) is 0 Å². The molecule has 2 N–H and O–H groups in total. The summed E-state index contributed by atoms with van der Waals surface area (Å²) in [6, 6.07) is 10.6. The number of carbonyl (C=O) groups is 3. The molecule has 2 aromatic rings. The zero-order valence-corrected chi connectivity index (χ0v) is 18.0. The molecule has 0 unspecified atom stereocenters. The molecule has 0 heterocycles. The zero-order chi connectivity index (χ0) is 22.3. The van der Waals surface area contributed by atoms with Gasteiger partial charge in [0.2, 0.25) is 5.91 Å². The number of hydrogen-bond donors (Lipinski definition) is 2. The molecule has 30 heavy (non-hydrogen) atoms. The van der Waals surface area contributed by atoms with E-state index in [-0.39, 0.29) is 10.8 Å². The summed E-state index contributed by atoms with van der Waals surface area (Å²) in [7, 11) is -3.73. The highest BCUT2D eigenvalue weighted by Crippen LogP contribution is 2.20. The molecule has 0 fully saturated rings. The molecule has 0 aliphatic rings. The van der Waals surface area contributed by atoms with E-state index in [9.17, 15) is 22.8 Å². The zero-order valence-electron chi connectivity index (χ0n) is 16.4. The second kappa shape index (κ2) is 10.2. The number of aryl methyl sites for hydroxylation is 1. The van der Waals surface area contributed by atoms with Crippen LogP contribution in [0.25, 0.3) is 0 Å². The molecule has 0 atom stereocenters.